The minimum atomic E-state index is -0.980. The van der Waals surface area contributed by atoms with Crippen LogP contribution in [0.4, 0.5) is 10.5 Å². The molecule has 0 aliphatic carbocycles. The van der Waals surface area contributed by atoms with Crippen molar-refractivity contribution in [2.24, 2.45) is 0 Å². The molecule has 2 rings (SSSR count). The Morgan fingerprint density at radius 1 is 1.00 bits per heavy atom. The molecule has 0 aliphatic rings. The number of anilines is 1. The van der Waals surface area contributed by atoms with E-state index in [4.69, 9.17) is 4.74 Å². The number of carbonyl (C=O) groups is 3. The number of carbonyl (C=O) groups excluding carboxylic acids is 2. The van der Waals surface area contributed by atoms with Crippen molar-refractivity contribution in [2.75, 3.05) is 18.6 Å². The molecule has 7 heteroatoms. The van der Waals surface area contributed by atoms with Crippen LogP contribution in [0.25, 0.3) is 0 Å². The van der Waals surface area contributed by atoms with Gasteiger partial charge in [-0.2, -0.15) is 0 Å². The number of carboxylic acid groups (broad SMARTS) is 1. The molecule has 1 N–H and O–H groups in total. The quantitative estimate of drug-likeness (QED) is 0.741. The van der Waals surface area contributed by atoms with Gasteiger partial charge in [0.25, 0.3) is 0 Å². The second kappa shape index (κ2) is 9.23. The van der Waals surface area contributed by atoms with Crippen LogP contribution < -0.4 is 4.90 Å². The molecule has 0 saturated carbocycles. The summed E-state index contributed by atoms with van der Waals surface area (Å²) in [5.74, 6) is -1.55. The van der Waals surface area contributed by atoms with Crippen molar-refractivity contribution < 1.29 is 29.0 Å². The second-order valence-electron chi connectivity index (χ2n) is 7.45. The van der Waals surface area contributed by atoms with Crippen LogP contribution in [0.15, 0.2) is 48.5 Å². The van der Waals surface area contributed by atoms with E-state index in [1.807, 2.05) is 0 Å². The summed E-state index contributed by atoms with van der Waals surface area (Å²) in [5.41, 5.74) is 1.56. The molecule has 2 aromatic rings. The van der Waals surface area contributed by atoms with Gasteiger partial charge in [-0.3, -0.25) is 9.69 Å². The van der Waals surface area contributed by atoms with Crippen LogP contribution in [0.3, 0.4) is 0 Å². The van der Waals surface area contributed by atoms with Crippen LogP contribution in [0, 0.1) is 0 Å². The number of hydrogen-bond donors (Lipinski definition) is 1. The molecular formula is C22H25NO6. The number of aromatic carboxylic acids is 1. The lowest BCUT2D eigenvalue weighted by atomic mass is 9.99. The Morgan fingerprint density at radius 3 is 2.17 bits per heavy atom. The SMILES string of the molecule is COC(=O)CN(C(=O)OC(C)(C)C)c1ccc(Cc2ccccc2C(=O)O)cc1. The number of methoxy groups -OCH3 is 1. The number of rotatable bonds is 6. The van der Waals surface area contributed by atoms with Crippen molar-refractivity contribution in [3.8, 4) is 0 Å². The number of carboxylic acids is 1. The molecule has 154 valence electrons. The molecule has 0 bridgehead atoms. The fourth-order valence-corrected chi connectivity index (χ4v) is 2.67. The molecule has 0 saturated heterocycles. The first-order chi connectivity index (χ1) is 13.6. The van der Waals surface area contributed by atoms with Gasteiger partial charge in [-0.05, 0) is 56.5 Å². The first-order valence-electron chi connectivity index (χ1n) is 9.08. The number of benzene rings is 2. The minimum absolute atomic E-state index is 0.248. The molecule has 2 aromatic carbocycles. The first-order valence-corrected chi connectivity index (χ1v) is 9.08. The fourth-order valence-electron chi connectivity index (χ4n) is 2.67. The topological polar surface area (TPSA) is 93.1 Å². The van der Waals surface area contributed by atoms with E-state index in [-0.39, 0.29) is 12.1 Å². The van der Waals surface area contributed by atoms with Crippen molar-refractivity contribution in [3.63, 3.8) is 0 Å². The number of ether oxygens (including phenoxy) is 2. The Labute approximate surface area is 169 Å². The summed E-state index contributed by atoms with van der Waals surface area (Å²) in [6.07, 6.45) is -0.237. The fraction of sp³-hybridized carbons (Fsp3) is 0.318. The molecule has 0 atom stereocenters. The van der Waals surface area contributed by atoms with E-state index >= 15 is 0 Å². The van der Waals surface area contributed by atoms with E-state index in [2.05, 4.69) is 4.74 Å². The third-order valence-electron chi connectivity index (χ3n) is 4.02. The van der Waals surface area contributed by atoms with Gasteiger partial charge in [0.2, 0.25) is 0 Å². The minimum Gasteiger partial charge on any atom is -0.478 e. The highest BCUT2D eigenvalue weighted by Gasteiger charge is 2.25. The first kappa shape index (κ1) is 21.9. The van der Waals surface area contributed by atoms with Gasteiger partial charge in [-0.25, -0.2) is 9.59 Å². The Balaban J connectivity index is 2.25. The monoisotopic (exact) mass is 399 g/mol. The van der Waals surface area contributed by atoms with Crippen LogP contribution in [-0.2, 0) is 20.7 Å². The molecule has 0 unspecified atom stereocenters. The van der Waals surface area contributed by atoms with Crippen LogP contribution in [0.2, 0.25) is 0 Å². The van der Waals surface area contributed by atoms with E-state index in [0.29, 0.717) is 17.7 Å². The highest BCUT2D eigenvalue weighted by molar-refractivity contribution is 5.93. The predicted molar refractivity (Wildman–Crippen MR) is 108 cm³/mol. The van der Waals surface area contributed by atoms with E-state index in [0.717, 1.165) is 5.56 Å². The van der Waals surface area contributed by atoms with Crippen LogP contribution in [0.1, 0.15) is 42.3 Å². The maximum atomic E-state index is 12.5. The standard InChI is InChI=1S/C22H25NO6/c1-22(2,3)29-21(27)23(14-19(24)28-4)17-11-9-15(10-12-17)13-16-7-5-6-8-18(16)20(25)26/h5-12H,13-14H2,1-4H3,(H,25,26). The zero-order valence-electron chi connectivity index (χ0n) is 17.0. The summed E-state index contributed by atoms with van der Waals surface area (Å²) < 4.78 is 10.1. The zero-order chi connectivity index (χ0) is 21.6. The largest absolute Gasteiger partial charge is 0.478 e. The summed E-state index contributed by atoms with van der Waals surface area (Å²) in [7, 11) is 1.25. The molecule has 7 nitrogen and oxygen atoms in total. The third kappa shape index (κ3) is 6.34. The maximum Gasteiger partial charge on any atom is 0.415 e. The predicted octanol–water partition coefficient (Wildman–Crippen LogP) is 3.89. The third-order valence-corrected chi connectivity index (χ3v) is 4.02. The van der Waals surface area contributed by atoms with Crippen molar-refractivity contribution in [3.05, 3.63) is 65.2 Å². The Bertz CT molecular complexity index is 883. The highest BCUT2D eigenvalue weighted by Crippen LogP contribution is 2.21. The Hall–Kier alpha value is -3.35. The van der Waals surface area contributed by atoms with Gasteiger partial charge in [0, 0.05) is 5.69 Å². The van der Waals surface area contributed by atoms with E-state index in [9.17, 15) is 19.5 Å². The molecule has 0 aromatic heterocycles. The van der Waals surface area contributed by atoms with E-state index < -0.39 is 23.6 Å². The highest BCUT2D eigenvalue weighted by atomic mass is 16.6. The number of esters is 1. The van der Waals surface area contributed by atoms with Crippen LogP contribution in [-0.4, -0.2) is 42.4 Å². The number of nitrogens with zero attached hydrogens (tertiary/aromatic N) is 1. The normalized spacial score (nSPS) is 10.9. The van der Waals surface area contributed by atoms with Crippen LogP contribution >= 0.6 is 0 Å². The number of amides is 1. The average Bonchev–Trinajstić information content (AvgIpc) is 2.65. The van der Waals surface area contributed by atoms with Gasteiger partial charge in [0.15, 0.2) is 0 Å². The molecule has 0 spiro atoms. The Morgan fingerprint density at radius 2 is 1.62 bits per heavy atom. The van der Waals surface area contributed by atoms with Crippen LogP contribution in [0.5, 0.6) is 0 Å². The van der Waals surface area contributed by atoms with E-state index in [1.54, 1.807) is 69.3 Å². The molecule has 1 amide bonds. The summed E-state index contributed by atoms with van der Waals surface area (Å²) >= 11 is 0. The zero-order valence-corrected chi connectivity index (χ0v) is 17.0. The van der Waals surface area contributed by atoms with Gasteiger partial charge >= 0.3 is 18.0 Å². The van der Waals surface area contributed by atoms with Crippen molar-refractivity contribution >= 4 is 23.7 Å². The molecule has 0 heterocycles. The lowest BCUT2D eigenvalue weighted by Crippen LogP contribution is -2.40. The van der Waals surface area contributed by atoms with Gasteiger partial charge in [0.1, 0.15) is 12.1 Å². The van der Waals surface area contributed by atoms with Gasteiger partial charge in [-0.15, -0.1) is 0 Å². The average molecular weight is 399 g/mol. The molecule has 0 radical (unpaired) electrons. The lowest BCUT2D eigenvalue weighted by Gasteiger charge is -2.26. The van der Waals surface area contributed by atoms with Gasteiger partial charge in [0.05, 0.1) is 12.7 Å². The van der Waals surface area contributed by atoms with Crippen molar-refractivity contribution in [1.29, 1.82) is 0 Å². The molecule has 0 fully saturated rings. The van der Waals surface area contributed by atoms with Crippen molar-refractivity contribution in [1.82, 2.24) is 0 Å². The molecular weight excluding hydrogens is 374 g/mol. The maximum absolute atomic E-state index is 12.5. The summed E-state index contributed by atoms with van der Waals surface area (Å²) in [6, 6.07) is 13.7. The summed E-state index contributed by atoms with van der Waals surface area (Å²) in [4.78, 5) is 36.9. The second-order valence-corrected chi connectivity index (χ2v) is 7.45. The smallest absolute Gasteiger partial charge is 0.415 e. The van der Waals surface area contributed by atoms with Crippen molar-refractivity contribution in [2.45, 2.75) is 32.8 Å². The number of hydrogen-bond acceptors (Lipinski definition) is 5. The van der Waals surface area contributed by atoms with E-state index in [1.165, 1.54) is 12.0 Å². The molecule has 0 aliphatic heterocycles. The van der Waals surface area contributed by atoms with Gasteiger partial charge in [-0.1, -0.05) is 30.3 Å². The van der Waals surface area contributed by atoms with Gasteiger partial charge < -0.3 is 14.6 Å². The Kier molecular flexibility index (Phi) is 6.98. The lowest BCUT2D eigenvalue weighted by molar-refractivity contribution is -0.139. The summed E-state index contributed by atoms with van der Waals surface area (Å²) in [5, 5.41) is 9.32. The molecule has 29 heavy (non-hydrogen) atoms. The summed E-state index contributed by atoms with van der Waals surface area (Å²) in [6.45, 7) is 4.94.